The lowest BCUT2D eigenvalue weighted by atomic mass is 9.62. The smallest absolute Gasteiger partial charge is 0.238 e. The summed E-state index contributed by atoms with van der Waals surface area (Å²) in [6.07, 6.45) is 2.87. The summed E-state index contributed by atoms with van der Waals surface area (Å²) in [6, 6.07) is 8.02. The standard InChI is InChI=1S/C31H39Cl2FN4O4S/c1-5-43(41,42)38-19-12-10-18(11-13-19)35-28(39)27-25(20-7-6-8-22(33)26(20)34)31(24(37-27)16-30(2,3)4)21-14-9-17(32)15-23(21)36-29(31)40/h6-9,14-15,18-19,24-25,27,37-38H,5,10-13,16H2,1-4H3,(H,35,39)(H,36,40)/t18?,19?,24-,25+,27-,31+/m1/s1. The number of hydrogen-bond donors (Lipinski definition) is 4. The van der Waals surface area contributed by atoms with Crippen LogP contribution in [-0.4, -0.2) is 50.2 Å². The third-order valence-electron chi connectivity index (χ3n) is 9.02. The second-order valence-electron chi connectivity index (χ2n) is 13.2. The van der Waals surface area contributed by atoms with Crippen LogP contribution in [0.5, 0.6) is 0 Å². The van der Waals surface area contributed by atoms with Gasteiger partial charge in [-0.05, 0) is 73.8 Å². The van der Waals surface area contributed by atoms with E-state index in [-0.39, 0.29) is 45.7 Å². The number of anilines is 1. The highest BCUT2D eigenvalue weighted by molar-refractivity contribution is 7.89. The second kappa shape index (κ2) is 11.9. The highest BCUT2D eigenvalue weighted by Gasteiger charge is 2.66. The Hall–Kier alpha value is -2.24. The number of sulfonamides is 1. The van der Waals surface area contributed by atoms with E-state index in [0.717, 1.165) is 0 Å². The number of nitrogens with one attached hydrogen (secondary N) is 4. The molecule has 12 heteroatoms. The molecule has 2 amide bonds. The Morgan fingerprint density at radius 2 is 1.77 bits per heavy atom. The zero-order valence-electron chi connectivity index (χ0n) is 24.8. The van der Waals surface area contributed by atoms with E-state index in [1.807, 2.05) is 0 Å². The van der Waals surface area contributed by atoms with Crippen molar-refractivity contribution in [2.24, 2.45) is 5.41 Å². The molecule has 234 valence electrons. The summed E-state index contributed by atoms with van der Waals surface area (Å²) in [7, 11) is -3.32. The Kier molecular flexibility index (Phi) is 8.92. The minimum atomic E-state index is -3.32. The number of rotatable bonds is 7. The van der Waals surface area contributed by atoms with E-state index in [1.54, 1.807) is 37.3 Å². The Bertz CT molecular complexity index is 1520. The SMILES string of the molecule is CCS(=O)(=O)NC1CCC(NC(=O)[C@@H]2N[C@H](CC(C)(C)C)[C@]3(C(=O)Nc4cc(Cl)ccc43)[C@H]2c2cccc(Cl)c2F)CC1. The number of amides is 2. The van der Waals surface area contributed by atoms with Gasteiger partial charge in [0.2, 0.25) is 21.8 Å². The first kappa shape index (κ1) is 32.2. The first-order valence-electron chi connectivity index (χ1n) is 14.8. The number of benzene rings is 2. The van der Waals surface area contributed by atoms with Crippen molar-refractivity contribution in [3.8, 4) is 0 Å². The second-order valence-corrected chi connectivity index (χ2v) is 16.1. The maximum atomic E-state index is 15.9. The zero-order chi connectivity index (χ0) is 31.3. The first-order chi connectivity index (χ1) is 20.2. The summed E-state index contributed by atoms with van der Waals surface area (Å²) in [5.74, 6) is -2.24. The van der Waals surface area contributed by atoms with Gasteiger partial charge in [0, 0.05) is 34.8 Å². The van der Waals surface area contributed by atoms with Gasteiger partial charge in [-0.3, -0.25) is 9.59 Å². The molecule has 4 N–H and O–H groups in total. The molecule has 2 aliphatic heterocycles. The van der Waals surface area contributed by atoms with Crippen molar-refractivity contribution in [2.75, 3.05) is 11.1 Å². The molecule has 4 atom stereocenters. The monoisotopic (exact) mass is 652 g/mol. The van der Waals surface area contributed by atoms with Crippen LogP contribution in [0.1, 0.15) is 76.8 Å². The normalized spacial score (nSPS) is 29.0. The fraction of sp³-hybridized carbons (Fsp3) is 0.548. The minimum Gasteiger partial charge on any atom is -0.352 e. The Balaban J connectivity index is 1.54. The molecule has 0 bridgehead atoms. The summed E-state index contributed by atoms with van der Waals surface area (Å²) >= 11 is 12.6. The molecule has 1 spiro atoms. The van der Waals surface area contributed by atoms with E-state index in [1.165, 1.54) is 6.07 Å². The van der Waals surface area contributed by atoms with Crippen LogP contribution in [0.25, 0.3) is 0 Å². The van der Waals surface area contributed by atoms with Gasteiger partial charge in [0.05, 0.1) is 16.8 Å². The topological polar surface area (TPSA) is 116 Å². The third-order valence-corrected chi connectivity index (χ3v) is 11.0. The van der Waals surface area contributed by atoms with Crippen LogP contribution in [0.3, 0.4) is 0 Å². The summed E-state index contributed by atoms with van der Waals surface area (Å²) in [5.41, 5.74) is -0.178. The lowest BCUT2D eigenvalue weighted by Gasteiger charge is -2.38. The molecule has 2 heterocycles. The van der Waals surface area contributed by atoms with Gasteiger partial charge >= 0.3 is 0 Å². The largest absolute Gasteiger partial charge is 0.352 e. The van der Waals surface area contributed by atoms with Crippen LogP contribution in [0.15, 0.2) is 36.4 Å². The molecule has 3 aliphatic rings. The Morgan fingerprint density at radius 1 is 1.09 bits per heavy atom. The van der Waals surface area contributed by atoms with Gasteiger partial charge in [-0.25, -0.2) is 17.5 Å². The molecule has 1 saturated heterocycles. The van der Waals surface area contributed by atoms with Crippen LogP contribution < -0.4 is 20.7 Å². The highest BCUT2D eigenvalue weighted by Crippen LogP contribution is 2.57. The molecule has 0 radical (unpaired) electrons. The van der Waals surface area contributed by atoms with Gasteiger partial charge in [-0.1, -0.05) is 62.2 Å². The van der Waals surface area contributed by atoms with Crippen LogP contribution >= 0.6 is 23.2 Å². The van der Waals surface area contributed by atoms with E-state index >= 15 is 4.39 Å². The van der Waals surface area contributed by atoms with Crippen LogP contribution in [-0.2, 0) is 25.0 Å². The zero-order valence-corrected chi connectivity index (χ0v) is 27.1. The van der Waals surface area contributed by atoms with Gasteiger partial charge in [0.15, 0.2) is 0 Å². The highest BCUT2D eigenvalue weighted by atomic mass is 35.5. The lowest BCUT2D eigenvalue weighted by molar-refractivity contribution is -0.124. The van der Waals surface area contributed by atoms with E-state index in [9.17, 15) is 18.0 Å². The minimum absolute atomic E-state index is 0.0128. The van der Waals surface area contributed by atoms with Gasteiger partial charge in [0.1, 0.15) is 11.2 Å². The van der Waals surface area contributed by atoms with Crippen LogP contribution in [0.4, 0.5) is 10.1 Å². The number of fused-ring (bicyclic) bond motifs is 2. The number of carbonyl (C=O) groups excluding carboxylic acids is 2. The molecule has 2 fully saturated rings. The molecule has 0 aromatic heterocycles. The van der Waals surface area contributed by atoms with Gasteiger partial charge in [-0.15, -0.1) is 0 Å². The van der Waals surface area contributed by atoms with Gasteiger partial charge in [-0.2, -0.15) is 0 Å². The van der Waals surface area contributed by atoms with Crippen molar-refractivity contribution in [3.63, 3.8) is 0 Å². The molecule has 2 aromatic carbocycles. The van der Waals surface area contributed by atoms with Crippen LogP contribution in [0, 0.1) is 11.2 Å². The molecule has 5 rings (SSSR count). The fourth-order valence-corrected chi connectivity index (χ4v) is 8.40. The molecule has 43 heavy (non-hydrogen) atoms. The molecule has 8 nitrogen and oxygen atoms in total. The summed E-state index contributed by atoms with van der Waals surface area (Å²) in [5, 5.41) is 9.98. The number of hydrogen-bond acceptors (Lipinski definition) is 5. The molecule has 1 aliphatic carbocycles. The maximum absolute atomic E-state index is 15.9. The molecule has 1 saturated carbocycles. The quantitative estimate of drug-likeness (QED) is 0.326. The molecule has 2 aromatic rings. The molecular formula is C31H39Cl2FN4O4S. The van der Waals surface area contributed by atoms with E-state index < -0.39 is 39.3 Å². The van der Waals surface area contributed by atoms with E-state index in [0.29, 0.717) is 48.4 Å². The fourth-order valence-electron chi connectivity index (χ4n) is 7.14. The van der Waals surface area contributed by atoms with Crippen molar-refractivity contribution in [2.45, 2.75) is 95.3 Å². The van der Waals surface area contributed by atoms with Crippen molar-refractivity contribution < 1.29 is 22.4 Å². The third kappa shape index (κ3) is 6.18. The molecular weight excluding hydrogens is 614 g/mol. The van der Waals surface area contributed by atoms with Crippen molar-refractivity contribution in [3.05, 3.63) is 63.4 Å². The number of carbonyl (C=O) groups is 2. The maximum Gasteiger partial charge on any atom is 0.238 e. The average molecular weight is 654 g/mol. The Labute approximate surface area is 262 Å². The van der Waals surface area contributed by atoms with E-state index in [2.05, 4.69) is 41.4 Å². The van der Waals surface area contributed by atoms with Gasteiger partial charge < -0.3 is 16.0 Å². The summed E-state index contributed by atoms with van der Waals surface area (Å²) in [6.45, 7) is 7.78. The Morgan fingerprint density at radius 3 is 2.42 bits per heavy atom. The average Bonchev–Trinajstić information content (AvgIpc) is 3.40. The van der Waals surface area contributed by atoms with E-state index in [4.69, 9.17) is 23.2 Å². The van der Waals surface area contributed by atoms with Gasteiger partial charge in [0.25, 0.3) is 0 Å². The van der Waals surface area contributed by atoms with Crippen molar-refractivity contribution >= 4 is 50.7 Å². The predicted octanol–water partition coefficient (Wildman–Crippen LogP) is 5.25. The van der Waals surface area contributed by atoms with Crippen molar-refractivity contribution in [1.82, 2.24) is 15.4 Å². The molecule has 0 unspecified atom stereocenters. The summed E-state index contributed by atoms with van der Waals surface area (Å²) in [4.78, 5) is 28.4. The lowest BCUT2D eigenvalue weighted by Crippen LogP contribution is -2.50. The predicted molar refractivity (Wildman–Crippen MR) is 167 cm³/mol. The van der Waals surface area contributed by atoms with Crippen LogP contribution in [0.2, 0.25) is 10.0 Å². The first-order valence-corrected chi connectivity index (χ1v) is 17.2. The van der Waals surface area contributed by atoms with Crippen molar-refractivity contribution in [1.29, 1.82) is 0 Å². The summed E-state index contributed by atoms with van der Waals surface area (Å²) < 4.78 is 42.7. The number of halogens is 3.